The quantitative estimate of drug-likeness (QED) is 0.846. The maximum absolute atomic E-state index is 4.35. The van der Waals surface area contributed by atoms with Crippen molar-refractivity contribution in [3.05, 3.63) is 36.3 Å². The highest BCUT2D eigenvalue weighted by molar-refractivity contribution is 5.45. The molecule has 0 N–H and O–H groups in total. The van der Waals surface area contributed by atoms with Crippen LogP contribution in [0, 0.1) is 0 Å². The first-order valence-electron chi connectivity index (χ1n) is 7.39. The molecular weight excluding hydrogens is 264 g/mol. The van der Waals surface area contributed by atoms with Gasteiger partial charge >= 0.3 is 0 Å². The molecule has 3 heterocycles. The summed E-state index contributed by atoms with van der Waals surface area (Å²) in [5, 5.41) is 8.70. The second-order valence-corrected chi connectivity index (χ2v) is 5.81. The maximum atomic E-state index is 4.35. The second-order valence-electron chi connectivity index (χ2n) is 5.81. The third-order valence-corrected chi connectivity index (χ3v) is 4.27. The zero-order chi connectivity index (χ0) is 14.2. The standard InChI is InChI=1S/C15H18N6/c1-20(15-16-7-2-8-17-15)12-9-21(10-12)14-6-5-13(18-19-14)11-3-4-11/h2,5-8,11-12H,3-4,9-10H2,1H3. The van der Waals surface area contributed by atoms with E-state index in [1.807, 2.05) is 13.1 Å². The predicted octanol–water partition coefficient (Wildman–Crippen LogP) is 1.47. The molecule has 2 aromatic heterocycles. The van der Waals surface area contributed by atoms with E-state index in [0.29, 0.717) is 12.0 Å². The van der Waals surface area contributed by atoms with Gasteiger partial charge in [0.15, 0.2) is 5.82 Å². The van der Waals surface area contributed by atoms with E-state index in [0.717, 1.165) is 30.5 Å². The van der Waals surface area contributed by atoms with Crippen LogP contribution in [0.2, 0.25) is 0 Å². The molecule has 108 valence electrons. The summed E-state index contributed by atoms with van der Waals surface area (Å²) in [6, 6.07) is 6.48. The second kappa shape index (κ2) is 4.95. The lowest BCUT2D eigenvalue weighted by molar-refractivity contribution is 0.484. The number of rotatable bonds is 4. The highest BCUT2D eigenvalue weighted by Gasteiger charge is 2.32. The van der Waals surface area contributed by atoms with Crippen molar-refractivity contribution in [3.8, 4) is 0 Å². The molecule has 0 amide bonds. The van der Waals surface area contributed by atoms with Crippen molar-refractivity contribution in [3.63, 3.8) is 0 Å². The summed E-state index contributed by atoms with van der Waals surface area (Å²) < 4.78 is 0. The van der Waals surface area contributed by atoms with E-state index in [-0.39, 0.29) is 0 Å². The SMILES string of the molecule is CN(c1ncccn1)C1CN(c2ccc(C3CC3)nn2)C1. The molecule has 0 aromatic carbocycles. The minimum Gasteiger partial charge on any atom is -0.351 e. The minimum atomic E-state index is 0.428. The van der Waals surface area contributed by atoms with Crippen molar-refractivity contribution in [2.24, 2.45) is 0 Å². The topological polar surface area (TPSA) is 58.0 Å². The first-order valence-corrected chi connectivity index (χ1v) is 7.39. The van der Waals surface area contributed by atoms with E-state index in [1.165, 1.54) is 12.8 Å². The Morgan fingerprint density at radius 1 is 1.10 bits per heavy atom. The minimum absolute atomic E-state index is 0.428. The van der Waals surface area contributed by atoms with Gasteiger partial charge in [0.25, 0.3) is 0 Å². The van der Waals surface area contributed by atoms with Crippen LogP contribution in [0.15, 0.2) is 30.6 Å². The van der Waals surface area contributed by atoms with Crippen molar-refractivity contribution < 1.29 is 0 Å². The maximum Gasteiger partial charge on any atom is 0.225 e. The Hall–Kier alpha value is -2.24. The van der Waals surface area contributed by atoms with Gasteiger partial charge in [-0.3, -0.25) is 0 Å². The third-order valence-electron chi connectivity index (χ3n) is 4.27. The van der Waals surface area contributed by atoms with Gasteiger partial charge in [-0.15, -0.1) is 5.10 Å². The molecule has 6 heteroatoms. The van der Waals surface area contributed by atoms with Gasteiger partial charge in [0.1, 0.15) is 0 Å². The van der Waals surface area contributed by atoms with E-state index < -0.39 is 0 Å². The van der Waals surface area contributed by atoms with E-state index in [2.05, 4.69) is 42.1 Å². The van der Waals surface area contributed by atoms with Crippen molar-refractivity contribution in [1.29, 1.82) is 0 Å². The summed E-state index contributed by atoms with van der Waals surface area (Å²) in [6.07, 6.45) is 6.08. The van der Waals surface area contributed by atoms with E-state index in [1.54, 1.807) is 12.4 Å². The Labute approximate surface area is 123 Å². The number of hydrogen-bond donors (Lipinski definition) is 0. The number of nitrogens with zero attached hydrogens (tertiary/aromatic N) is 6. The third kappa shape index (κ3) is 2.41. The summed E-state index contributed by atoms with van der Waals surface area (Å²) in [4.78, 5) is 12.9. The van der Waals surface area contributed by atoms with Gasteiger partial charge in [-0.25, -0.2) is 9.97 Å². The van der Waals surface area contributed by atoms with Crippen LogP contribution in [0.3, 0.4) is 0 Å². The summed E-state index contributed by atoms with van der Waals surface area (Å²) in [7, 11) is 2.04. The van der Waals surface area contributed by atoms with Crippen LogP contribution in [0.5, 0.6) is 0 Å². The number of likely N-dealkylation sites (N-methyl/N-ethyl adjacent to an activating group) is 1. The van der Waals surface area contributed by atoms with Crippen LogP contribution in [0.4, 0.5) is 11.8 Å². The molecule has 0 unspecified atom stereocenters. The van der Waals surface area contributed by atoms with E-state index in [4.69, 9.17) is 0 Å². The fourth-order valence-corrected chi connectivity index (χ4v) is 2.63. The van der Waals surface area contributed by atoms with Gasteiger partial charge in [-0.05, 0) is 31.0 Å². The monoisotopic (exact) mass is 282 g/mol. The molecule has 1 aliphatic heterocycles. The highest BCUT2D eigenvalue weighted by Crippen LogP contribution is 2.38. The van der Waals surface area contributed by atoms with E-state index >= 15 is 0 Å². The van der Waals surface area contributed by atoms with Gasteiger partial charge in [0, 0.05) is 38.4 Å². The molecule has 2 aliphatic rings. The molecular formula is C15H18N6. The van der Waals surface area contributed by atoms with Crippen molar-refractivity contribution in [2.75, 3.05) is 29.9 Å². The van der Waals surface area contributed by atoms with Crippen molar-refractivity contribution in [2.45, 2.75) is 24.8 Å². The van der Waals surface area contributed by atoms with Gasteiger partial charge in [0.05, 0.1) is 11.7 Å². The van der Waals surface area contributed by atoms with Crippen LogP contribution in [0.25, 0.3) is 0 Å². The van der Waals surface area contributed by atoms with Crippen molar-refractivity contribution >= 4 is 11.8 Å². The molecule has 0 spiro atoms. The fourth-order valence-electron chi connectivity index (χ4n) is 2.63. The lowest BCUT2D eigenvalue weighted by Gasteiger charge is -2.44. The Morgan fingerprint density at radius 2 is 1.86 bits per heavy atom. The van der Waals surface area contributed by atoms with E-state index in [9.17, 15) is 0 Å². The Bertz CT molecular complexity index is 604. The fraction of sp³-hybridized carbons (Fsp3) is 0.467. The predicted molar refractivity (Wildman–Crippen MR) is 80.4 cm³/mol. The average Bonchev–Trinajstić information content (AvgIpc) is 3.32. The number of hydrogen-bond acceptors (Lipinski definition) is 6. The Kier molecular flexibility index (Phi) is 2.94. The summed E-state index contributed by atoms with van der Waals surface area (Å²) in [6.45, 7) is 1.87. The summed E-state index contributed by atoms with van der Waals surface area (Å²) >= 11 is 0. The molecule has 1 saturated carbocycles. The first kappa shape index (κ1) is 12.5. The zero-order valence-electron chi connectivity index (χ0n) is 12.1. The molecule has 21 heavy (non-hydrogen) atoms. The van der Waals surface area contributed by atoms with Gasteiger partial charge in [0.2, 0.25) is 5.95 Å². The van der Waals surface area contributed by atoms with Crippen LogP contribution < -0.4 is 9.80 Å². The van der Waals surface area contributed by atoms with Gasteiger partial charge in [-0.2, -0.15) is 5.10 Å². The number of anilines is 2. The molecule has 1 saturated heterocycles. The average molecular weight is 282 g/mol. The molecule has 6 nitrogen and oxygen atoms in total. The zero-order valence-corrected chi connectivity index (χ0v) is 12.1. The van der Waals surface area contributed by atoms with Crippen LogP contribution in [-0.2, 0) is 0 Å². The molecule has 4 rings (SSSR count). The normalized spacial score (nSPS) is 18.4. The smallest absolute Gasteiger partial charge is 0.225 e. The van der Waals surface area contributed by atoms with Crippen LogP contribution >= 0.6 is 0 Å². The number of aromatic nitrogens is 4. The molecule has 0 radical (unpaired) electrons. The van der Waals surface area contributed by atoms with Crippen LogP contribution in [-0.4, -0.2) is 46.3 Å². The summed E-state index contributed by atoms with van der Waals surface area (Å²) in [5.41, 5.74) is 1.14. The lowest BCUT2D eigenvalue weighted by atomic mass is 10.1. The Morgan fingerprint density at radius 3 is 2.48 bits per heavy atom. The molecule has 2 fully saturated rings. The molecule has 2 aromatic rings. The molecule has 0 bridgehead atoms. The first-order chi connectivity index (χ1) is 10.3. The Balaban J connectivity index is 1.38. The molecule has 0 atom stereocenters. The van der Waals surface area contributed by atoms with Crippen molar-refractivity contribution in [1.82, 2.24) is 20.2 Å². The van der Waals surface area contributed by atoms with Gasteiger partial charge in [-0.1, -0.05) is 0 Å². The lowest BCUT2D eigenvalue weighted by Crippen LogP contribution is -2.59. The summed E-state index contributed by atoms with van der Waals surface area (Å²) in [5.74, 6) is 2.41. The van der Waals surface area contributed by atoms with Crippen LogP contribution in [0.1, 0.15) is 24.5 Å². The largest absolute Gasteiger partial charge is 0.351 e. The van der Waals surface area contributed by atoms with Gasteiger partial charge < -0.3 is 9.80 Å². The molecule has 1 aliphatic carbocycles. The highest BCUT2D eigenvalue weighted by atomic mass is 15.4.